The van der Waals surface area contributed by atoms with Gasteiger partial charge in [-0.15, -0.1) is 0 Å². The van der Waals surface area contributed by atoms with Crippen LogP contribution in [0.2, 0.25) is 0 Å². The molecule has 2 fully saturated rings. The third kappa shape index (κ3) is 4.75. The highest BCUT2D eigenvalue weighted by Gasteiger charge is 2.35. The van der Waals surface area contributed by atoms with Crippen LogP contribution in [-0.2, 0) is 0 Å². The summed E-state index contributed by atoms with van der Waals surface area (Å²) in [6, 6.07) is 0.756. The number of rotatable bonds is 7. The van der Waals surface area contributed by atoms with E-state index in [1.807, 2.05) is 0 Å². The van der Waals surface area contributed by atoms with Crippen molar-refractivity contribution in [3.05, 3.63) is 0 Å². The molecule has 2 nitrogen and oxygen atoms in total. The molecule has 2 unspecified atom stereocenters. The van der Waals surface area contributed by atoms with Gasteiger partial charge in [0.1, 0.15) is 0 Å². The highest BCUT2D eigenvalue weighted by Crippen LogP contribution is 2.39. The summed E-state index contributed by atoms with van der Waals surface area (Å²) in [6.07, 6.45) is 7.10. The second-order valence-electron chi connectivity index (χ2n) is 7.63. The molecular formula is C17H34N2. The first kappa shape index (κ1) is 15.3. The first-order valence-corrected chi connectivity index (χ1v) is 8.50. The Bertz CT molecular complexity index is 270. The van der Waals surface area contributed by atoms with Crippen molar-refractivity contribution in [3.63, 3.8) is 0 Å². The minimum Gasteiger partial charge on any atom is -0.314 e. The van der Waals surface area contributed by atoms with Crippen LogP contribution < -0.4 is 5.32 Å². The Labute approximate surface area is 120 Å². The monoisotopic (exact) mass is 266 g/mol. The fourth-order valence-electron chi connectivity index (χ4n) is 3.79. The third-order valence-electron chi connectivity index (χ3n) is 5.14. The van der Waals surface area contributed by atoms with Gasteiger partial charge < -0.3 is 10.2 Å². The maximum atomic E-state index is 3.74. The normalized spacial score (nSPS) is 30.8. The van der Waals surface area contributed by atoms with Gasteiger partial charge in [-0.25, -0.2) is 0 Å². The smallest absolute Gasteiger partial charge is 0.0108 e. The molecule has 2 atom stereocenters. The maximum Gasteiger partial charge on any atom is 0.0108 e. The van der Waals surface area contributed by atoms with E-state index in [1.54, 1.807) is 0 Å². The molecular weight excluding hydrogens is 232 g/mol. The molecule has 0 amide bonds. The quantitative estimate of drug-likeness (QED) is 0.758. The Kier molecular flexibility index (Phi) is 5.30. The molecule has 2 heteroatoms. The molecule has 0 aromatic rings. The lowest BCUT2D eigenvalue weighted by Gasteiger charge is -2.43. The van der Waals surface area contributed by atoms with Crippen molar-refractivity contribution >= 4 is 0 Å². The van der Waals surface area contributed by atoms with E-state index >= 15 is 0 Å². The predicted octanol–water partition coefficient (Wildman–Crippen LogP) is 3.52. The highest BCUT2D eigenvalue weighted by molar-refractivity contribution is 4.90. The third-order valence-corrected chi connectivity index (χ3v) is 5.14. The lowest BCUT2D eigenvalue weighted by molar-refractivity contribution is 0.101. The van der Waals surface area contributed by atoms with Gasteiger partial charge in [-0.3, -0.25) is 0 Å². The molecule has 2 rings (SSSR count). The van der Waals surface area contributed by atoms with Gasteiger partial charge in [-0.1, -0.05) is 27.7 Å². The second kappa shape index (κ2) is 6.58. The minimum atomic E-state index is 0.551. The molecule has 112 valence electrons. The zero-order valence-corrected chi connectivity index (χ0v) is 13.5. The van der Waals surface area contributed by atoms with Gasteiger partial charge >= 0.3 is 0 Å². The predicted molar refractivity (Wildman–Crippen MR) is 83.4 cm³/mol. The van der Waals surface area contributed by atoms with Crippen LogP contribution in [0.15, 0.2) is 0 Å². The lowest BCUT2D eigenvalue weighted by Crippen LogP contribution is -2.47. The van der Waals surface area contributed by atoms with Crippen molar-refractivity contribution in [3.8, 4) is 0 Å². The lowest BCUT2D eigenvalue weighted by atomic mass is 9.69. The molecule has 0 heterocycles. The van der Waals surface area contributed by atoms with Crippen molar-refractivity contribution in [2.75, 3.05) is 26.2 Å². The molecule has 0 aromatic carbocycles. The summed E-state index contributed by atoms with van der Waals surface area (Å²) in [5.74, 6) is 1.87. The Morgan fingerprint density at radius 1 is 1.11 bits per heavy atom. The van der Waals surface area contributed by atoms with Gasteiger partial charge in [0, 0.05) is 19.1 Å². The van der Waals surface area contributed by atoms with Gasteiger partial charge in [-0.05, 0) is 62.4 Å². The van der Waals surface area contributed by atoms with Gasteiger partial charge in [0.05, 0.1) is 0 Å². The van der Waals surface area contributed by atoms with Crippen LogP contribution in [0.25, 0.3) is 0 Å². The van der Waals surface area contributed by atoms with Gasteiger partial charge in [0.2, 0.25) is 0 Å². The Hall–Kier alpha value is -0.0800. The van der Waals surface area contributed by atoms with E-state index in [1.165, 1.54) is 51.7 Å². The Morgan fingerprint density at radius 3 is 2.42 bits per heavy atom. The van der Waals surface area contributed by atoms with Crippen molar-refractivity contribution in [1.82, 2.24) is 10.2 Å². The average molecular weight is 266 g/mol. The standard InChI is InChI=1S/C17H34N2/c1-5-18-16-9-10-17(3,4)11-15(16)13-19(6-2)12-14-7-8-14/h14-16,18H,5-13H2,1-4H3. The largest absolute Gasteiger partial charge is 0.314 e. The molecule has 19 heavy (non-hydrogen) atoms. The van der Waals surface area contributed by atoms with Crippen molar-refractivity contribution < 1.29 is 0 Å². The summed E-state index contributed by atoms with van der Waals surface area (Å²) >= 11 is 0. The van der Waals surface area contributed by atoms with Crippen LogP contribution in [0.4, 0.5) is 0 Å². The molecule has 2 saturated carbocycles. The Balaban J connectivity index is 1.91. The van der Waals surface area contributed by atoms with Crippen LogP contribution >= 0.6 is 0 Å². The molecule has 0 aromatic heterocycles. The average Bonchev–Trinajstić information content (AvgIpc) is 3.15. The van der Waals surface area contributed by atoms with E-state index in [-0.39, 0.29) is 0 Å². The van der Waals surface area contributed by atoms with Crippen LogP contribution in [-0.4, -0.2) is 37.1 Å². The van der Waals surface area contributed by atoms with Crippen LogP contribution in [0, 0.1) is 17.3 Å². The first-order chi connectivity index (χ1) is 9.04. The zero-order chi connectivity index (χ0) is 13.9. The molecule has 2 aliphatic carbocycles. The molecule has 0 saturated heterocycles. The van der Waals surface area contributed by atoms with Crippen molar-refractivity contribution in [2.24, 2.45) is 17.3 Å². The van der Waals surface area contributed by atoms with E-state index in [0.29, 0.717) is 5.41 Å². The molecule has 0 spiro atoms. The van der Waals surface area contributed by atoms with Crippen LogP contribution in [0.3, 0.4) is 0 Å². The van der Waals surface area contributed by atoms with Gasteiger partial charge in [-0.2, -0.15) is 0 Å². The van der Waals surface area contributed by atoms with E-state index in [9.17, 15) is 0 Å². The summed E-state index contributed by atoms with van der Waals surface area (Å²) in [5, 5.41) is 3.74. The number of nitrogens with zero attached hydrogens (tertiary/aromatic N) is 1. The van der Waals surface area contributed by atoms with Crippen LogP contribution in [0.5, 0.6) is 0 Å². The SMILES string of the molecule is CCNC1CCC(C)(C)CC1CN(CC)CC1CC1. The van der Waals surface area contributed by atoms with Crippen LogP contribution in [0.1, 0.15) is 59.8 Å². The van der Waals surface area contributed by atoms with E-state index < -0.39 is 0 Å². The molecule has 2 aliphatic rings. The van der Waals surface area contributed by atoms with Gasteiger partial charge in [0.25, 0.3) is 0 Å². The van der Waals surface area contributed by atoms with Crippen molar-refractivity contribution in [1.29, 1.82) is 0 Å². The molecule has 1 N–H and O–H groups in total. The summed E-state index contributed by atoms with van der Waals surface area (Å²) < 4.78 is 0. The minimum absolute atomic E-state index is 0.551. The first-order valence-electron chi connectivity index (χ1n) is 8.50. The number of hydrogen-bond donors (Lipinski definition) is 1. The summed E-state index contributed by atoms with van der Waals surface area (Å²) in [6.45, 7) is 14.5. The van der Waals surface area contributed by atoms with Gasteiger partial charge in [0.15, 0.2) is 0 Å². The second-order valence-corrected chi connectivity index (χ2v) is 7.63. The molecule has 0 aliphatic heterocycles. The summed E-state index contributed by atoms with van der Waals surface area (Å²) in [7, 11) is 0. The Morgan fingerprint density at radius 2 is 1.84 bits per heavy atom. The fraction of sp³-hybridized carbons (Fsp3) is 1.00. The maximum absolute atomic E-state index is 3.74. The number of hydrogen-bond acceptors (Lipinski definition) is 2. The van der Waals surface area contributed by atoms with E-state index in [0.717, 1.165) is 24.4 Å². The summed E-state index contributed by atoms with van der Waals surface area (Å²) in [4.78, 5) is 2.72. The van der Waals surface area contributed by atoms with E-state index in [4.69, 9.17) is 0 Å². The van der Waals surface area contributed by atoms with E-state index in [2.05, 4.69) is 37.9 Å². The molecule has 0 bridgehead atoms. The van der Waals surface area contributed by atoms with Crippen molar-refractivity contribution in [2.45, 2.75) is 65.8 Å². The molecule has 0 radical (unpaired) electrons. The number of nitrogens with one attached hydrogen (secondary N) is 1. The summed E-state index contributed by atoms with van der Waals surface area (Å²) in [5.41, 5.74) is 0.551. The highest BCUT2D eigenvalue weighted by atomic mass is 15.1. The fourth-order valence-corrected chi connectivity index (χ4v) is 3.79. The topological polar surface area (TPSA) is 15.3 Å². The zero-order valence-electron chi connectivity index (χ0n) is 13.5.